The molecule has 0 atom stereocenters. The summed E-state index contributed by atoms with van der Waals surface area (Å²) in [6.07, 6.45) is 1.67. The molecule has 0 heterocycles. The minimum absolute atomic E-state index is 0.460. The predicted molar refractivity (Wildman–Crippen MR) is 101 cm³/mol. The summed E-state index contributed by atoms with van der Waals surface area (Å²) in [5, 5.41) is 5.42. The first-order chi connectivity index (χ1) is 11.6. The third kappa shape index (κ3) is 3.84. The van der Waals surface area contributed by atoms with E-state index in [9.17, 15) is 9.81 Å². The Labute approximate surface area is 141 Å². The molecule has 120 valence electrons. The van der Waals surface area contributed by atoms with Crippen molar-refractivity contribution in [2.45, 2.75) is 6.92 Å². The molecule has 24 heavy (non-hydrogen) atoms. The van der Waals surface area contributed by atoms with E-state index in [1.807, 2.05) is 61.6 Å². The molecule has 0 unspecified atom stereocenters. The van der Waals surface area contributed by atoms with Gasteiger partial charge in [-0.1, -0.05) is 59.2 Å². The summed E-state index contributed by atoms with van der Waals surface area (Å²) in [4.78, 5) is 23.3. The lowest BCUT2D eigenvalue weighted by molar-refractivity contribution is 1.20. The lowest BCUT2D eigenvalue weighted by Gasteiger charge is -2.23. The maximum absolute atomic E-state index is 10.6. The predicted octanol–water partition coefficient (Wildman–Crippen LogP) is 4.97. The van der Waals surface area contributed by atoms with Gasteiger partial charge in [-0.15, -0.1) is 0 Å². The molecule has 5 nitrogen and oxygen atoms in total. The summed E-state index contributed by atoms with van der Waals surface area (Å²) in [5.74, 6) is 0. The van der Waals surface area contributed by atoms with Gasteiger partial charge in [0.25, 0.3) is 0 Å². The van der Waals surface area contributed by atoms with E-state index in [0.717, 1.165) is 16.9 Å². The third-order valence-corrected chi connectivity index (χ3v) is 3.76. The van der Waals surface area contributed by atoms with Crippen LogP contribution in [0.25, 0.3) is 5.57 Å². The Morgan fingerprint density at radius 2 is 1.62 bits per heavy atom. The van der Waals surface area contributed by atoms with Gasteiger partial charge in [0, 0.05) is 24.0 Å². The van der Waals surface area contributed by atoms with E-state index in [2.05, 4.69) is 21.7 Å². The summed E-state index contributed by atoms with van der Waals surface area (Å²) >= 11 is 0. The first kappa shape index (κ1) is 17.3. The molecule has 0 spiro atoms. The van der Waals surface area contributed by atoms with Crippen LogP contribution in [-0.4, -0.2) is 14.0 Å². The molecular weight excluding hydrogens is 301 g/mol. The van der Waals surface area contributed by atoms with Crippen molar-refractivity contribution in [3.8, 4) is 0 Å². The van der Waals surface area contributed by atoms with E-state index >= 15 is 0 Å². The smallest absolute Gasteiger partial charge is 0.344 e. The minimum atomic E-state index is -1.22. The Balaban J connectivity index is 2.38. The van der Waals surface area contributed by atoms with Crippen LogP contribution in [-0.2, 0) is 0 Å². The number of rotatable bonds is 7. The van der Waals surface area contributed by atoms with Gasteiger partial charge in [-0.2, -0.15) is 9.81 Å². The van der Waals surface area contributed by atoms with Crippen LogP contribution in [0.2, 0.25) is 0 Å². The summed E-state index contributed by atoms with van der Waals surface area (Å²) in [5.41, 5.74) is 4.05. The van der Waals surface area contributed by atoms with Crippen molar-refractivity contribution in [1.29, 1.82) is 0 Å². The number of para-hydroxylation sites is 2. The zero-order valence-electron chi connectivity index (χ0n) is 13.7. The molecule has 0 aliphatic rings. The highest BCUT2D eigenvalue weighted by Gasteiger charge is 2.21. The number of nitrogens with zero attached hydrogens (tertiary/aromatic N) is 3. The highest BCUT2D eigenvalue weighted by molar-refractivity contribution is 6.62. The summed E-state index contributed by atoms with van der Waals surface area (Å²) in [6.45, 7) is 4.48. The Hall–Kier alpha value is -3.02. The molecular formula is C18H18BN3O2. The molecule has 0 amide bonds. The highest BCUT2D eigenvalue weighted by atomic mass is 16.3. The van der Waals surface area contributed by atoms with E-state index in [4.69, 9.17) is 0 Å². The van der Waals surface area contributed by atoms with Crippen LogP contribution in [0.15, 0.2) is 82.9 Å². The number of hydrogen-bond acceptors (Lipinski definition) is 5. The van der Waals surface area contributed by atoms with Gasteiger partial charge in [0.15, 0.2) is 0 Å². The van der Waals surface area contributed by atoms with Crippen LogP contribution < -0.4 is 4.90 Å². The zero-order chi connectivity index (χ0) is 17.5. The fraction of sp³-hybridized carbons (Fsp3) is 0.111. The molecule has 2 rings (SSSR count). The monoisotopic (exact) mass is 319 g/mol. The van der Waals surface area contributed by atoms with Crippen molar-refractivity contribution in [2.75, 3.05) is 11.9 Å². The van der Waals surface area contributed by atoms with Crippen LogP contribution in [0.3, 0.4) is 0 Å². The van der Waals surface area contributed by atoms with Gasteiger partial charge in [-0.3, -0.25) is 0 Å². The molecule has 0 N–H and O–H groups in total. The van der Waals surface area contributed by atoms with Gasteiger partial charge in [0.1, 0.15) is 0 Å². The van der Waals surface area contributed by atoms with Crippen LogP contribution in [0, 0.1) is 9.81 Å². The number of allylic oxidation sites excluding steroid dienone is 3. The highest BCUT2D eigenvalue weighted by Crippen LogP contribution is 2.31. The van der Waals surface area contributed by atoms with Gasteiger partial charge >= 0.3 is 6.98 Å². The largest absolute Gasteiger partial charge is 0.544 e. The van der Waals surface area contributed by atoms with E-state index < -0.39 is 6.98 Å². The maximum atomic E-state index is 10.6. The Bertz CT molecular complexity index is 767. The molecule has 0 bridgehead atoms. The van der Waals surface area contributed by atoms with E-state index in [1.165, 1.54) is 0 Å². The molecule has 2 aromatic carbocycles. The normalized spacial score (nSPS) is 10.8. The number of anilines is 2. The second-order valence-electron chi connectivity index (χ2n) is 5.41. The average Bonchev–Trinajstić information content (AvgIpc) is 2.62. The molecule has 0 aliphatic heterocycles. The lowest BCUT2D eigenvalue weighted by Crippen LogP contribution is -2.11. The van der Waals surface area contributed by atoms with Crippen LogP contribution in [0.5, 0.6) is 0 Å². The molecule has 0 saturated heterocycles. The van der Waals surface area contributed by atoms with Gasteiger partial charge in [0.05, 0.1) is 0 Å². The van der Waals surface area contributed by atoms with Crippen molar-refractivity contribution in [1.82, 2.24) is 0 Å². The van der Waals surface area contributed by atoms with Gasteiger partial charge in [0.2, 0.25) is 0 Å². The van der Waals surface area contributed by atoms with E-state index in [-0.39, 0.29) is 0 Å². The summed E-state index contributed by atoms with van der Waals surface area (Å²) < 4.78 is 0. The number of benzene rings is 2. The number of nitroso groups, excluding NO2 is 2. The number of hydrogen-bond donors (Lipinski definition) is 0. The molecule has 0 fully saturated rings. The standard InChI is InChI=1S/C18H18BN3O2/c1-14(13-15(2)19(20-23)21-24)17-11-7-8-12-18(17)22(3)16-9-5-4-6-10-16/h4-13H,1H2,2-3H3/b15-13+. The van der Waals surface area contributed by atoms with Gasteiger partial charge in [-0.25, -0.2) is 0 Å². The molecule has 0 saturated carbocycles. The van der Waals surface area contributed by atoms with E-state index in [0.29, 0.717) is 11.0 Å². The molecule has 2 aromatic rings. The fourth-order valence-electron chi connectivity index (χ4n) is 2.44. The lowest BCUT2D eigenvalue weighted by atomic mass is 9.70. The summed E-state index contributed by atoms with van der Waals surface area (Å²) in [7, 11) is 1.97. The minimum Gasteiger partial charge on any atom is -0.344 e. The quantitative estimate of drug-likeness (QED) is 0.411. The SMILES string of the molecule is C=C(/C=C(\C)B(N=O)N=O)c1ccccc1N(C)c1ccccc1. The average molecular weight is 319 g/mol. The van der Waals surface area contributed by atoms with Crippen molar-refractivity contribution >= 4 is 23.9 Å². The van der Waals surface area contributed by atoms with Gasteiger partial charge in [-0.05, 0) is 36.2 Å². The van der Waals surface area contributed by atoms with Crippen molar-refractivity contribution in [3.05, 3.63) is 88.1 Å². The maximum Gasteiger partial charge on any atom is 0.544 e. The topological polar surface area (TPSA) is 62.1 Å². The second kappa shape index (κ2) is 8.01. The fourth-order valence-corrected chi connectivity index (χ4v) is 2.44. The van der Waals surface area contributed by atoms with E-state index in [1.54, 1.807) is 13.0 Å². The Morgan fingerprint density at radius 1 is 1.04 bits per heavy atom. The first-order valence-corrected chi connectivity index (χ1v) is 7.48. The molecule has 0 aliphatic carbocycles. The third-order valence-electron chi connectivity index (χ3n) is 3.76. The Morgan fingerprint density at radius 3 is 2.25 bits per heavy atom. The Kier molecular flexibility index (Phi) is 5.79. The zero-order valence-corrected chi connectivity index (χ0v) is 13.7. The molecule has 0 aromatic heterocycles. The molecule has 0 radical (unpaired) electrons. The van der Waals surface area contributed by atoms with Gasteiger partial charge < -0.3 is 4.90 Å². The second-order valence-corrected chi connectivity index (χ2v) is 5.41. The van der Waals surface area contributed by atoms with Crippen LogP contribution >= 0.6 is 0 Å². The van der Waals surface area contributed by atoms with Crippen molar-refractivity contribution in [2.24, 2.45) is 10.2 Å². The van der Waals surface area contributed by atoms with Crippen molar-refractivity contribution < 1.29 is 0 Å². The first-order valence-electron chi connectivity index (χ1n) is 7.48. The summed E-state index contributed by atoms with van der Waals surface area (Å²) in [6, 6.07) is 17.7. The molecule has 6 heteroatoms. The van der Waals surface area contributed by atoms with Crippen LogP contribution in [0.1, 0.15) is 12.5 Å². The van der Waals surface area contributed by atoms with Crippen molar-refractivity contribution in [3.63, 3.8) is 0 Å². The van der Waals surface area contributed by atoms with Crippen LogP contribution in [0.4, 0.5) is 11.4 Å².